The summed E-state index contributed by atoms with van der Waals surface area (Å²) in [5.41, 5.74) is 0.103. The van der Waals surface area contributed by atoms with Gasteiger partial charge in [-0.1, -0.05) is 35.5 Å². The fraction of sp³-hybridized carbons (Fsp3) is 0.0714. The van der Waals surface area contributed by atoms with Crippen molar-refractivity contribution < 1.29 is 14.6 Å². The van der Waals surface area contributed by atoms with Gasteiger partial charge in [-0.05, 0) is 30.3 Å². The molecule has 0 spiro atoms. The van der Waals surface area contributed by atoms with E-state index in [4.69, 9.17) is 21.4 Å². The van der Waals surface area contributed by atoms with Crippen LogP contribution in [-0.2, 0) is 0 Å². The van der Waals surface area contributed by atoms with E-state index in [0.717, 1.165) is 15.5 Å². The predicted octanol–water partition coefficient (Wildman–Crippen LogP) is 4.20. The number of hydrogen-bond acceptors (Lipinski definition) is 3. The Morgan fingerprint density at radius 1 is 1.26 bits per heavy atom. The Labute approximate surface area is 120 Å². The van der Waals surface area contributed by atoms with Gasteiger partial charge in [0, 0.05) is 4.90 Å². The number of benzene rings is 2. The Morgan fingerprint density at radius 2 is 2.00 bits per heavy atom. The molecule has 0 unspecified atom stereocenters. The lowest BCUT2D eigenvalue weighted by Crippen LogP contribution is -1.96. The molecule has 0 saturated carbocycles. The zero-order valence-corrected chi connectivity index (χ0v) is 11.7. The van der Waals surface area contributed by atoms with Crippen molar-refractivity contribution in [2.75, 3.05) is 7.11 Å². The number of ether oxygens (including phenoxy) is 1. The second-order valence-corrected chi connectivity index (χ2v) is 5.22. The highest BCUT2D eigenvalue weighted by Crippen LogP contribution is 2.36. The van der Waals surface area contributed by atoms with E-state index < -0.39 is 5.97 Å². The van der Waals surface area contributed by atoms with Crippen LogP contribution in [0.5, 0.6) is 5.75 Å². The zero-order valence-electron chi connectivity index (χ0n) is 10.1. The number of halogens is 1. The Balaban J connectivity index is 2.29. The summed E-state index contributed by atoms with van der Waals surface area (Å²) in [4.78, 5) is 12.7. The first kappa shape index (κ1) is 13.8. The van der Waals surface area contributed by atoms with Gasteiger partial charge in [-0.3, -0.25) is 0 Å². The van der Waals surface area contributed by atoms with Crippen LogP contribution in [0, 0.1) is 0 Å². The zero-order chi connectivity index (χ0) is 13.8. The summed E-state index contributed by atoms with van der Waals surface area (Å²) in [6.45, 7) is 0. The number of hydrogen-bond donors (Lipinski definition) is 1. The lowest BCUT2D eigenvalue weighted by atomic mass is 10.2. The molecule has 2 rings (SSSR count). The number of para-hydroxylation sites is 1. The minimum atomic E-state index is -1.03. The maximum Gasteiger partial charge on any atom is 0.337 e. The quantitative estimate of drug-likeness (QED) is 0.918. The van der Waals surface area contributed by atoms with Crippen LogP contribution in [0.2, 0.25) is 5.02 Å². The number of aromatic carboxylic acids is 1. The Morgan fingerprint density at radius 3 is 2.63 bits per heavy atom. The molecule has 0 radical (unpaired) electrons. The van der Waals surface area contributed by atoms with Gasteiger partial charge >= 0.3 is 5.97 Å². The van der Waals surface area contributed by atoms with Crippen LogP contribution in [-0.4, -0.2) is 18.2 Å². The van der Waals surface area contributed by atoms with Crippen LogP contribution in [0.4, 0.5) is 0 Å². The highest BCUT2D eigenvalue weighted by Gasteiger charge is 2.10. The van der Waals surface area contributed by atoms with E-state index >= 15 is 0 Å². The summed E-state index contributed by atoms with van der Waals surface area (Å²) >= 11 is 7.41. The molecule has 5 heteroatoms. The SMILES string of the molecule is COc1ccccc1Sc1ccc(C(=O)O)c(Cl)c1. The number of carboxylic acids is 1. The van der Waals surface area contributed by atoms with Gasteiger partial charge in [0.25, 0.3) is 0 Å². The molecule has 0 aromatic heterocycles. The Kier molecular flexibility index (Phi) is 4.35. The number of rotatable bonds is 4. The molecule has 0 heterocycles. The van der Waals surface area contributed by atoms with Gasteiger partial charge in [0.1, 0.15) is 5.75 Å². The van der Waals surface area contributed by atoms with Crippen molar-refractivity contribution in [3.63, 3.8) is 0 Å². The van der Waals surface area contributed by atoms with Crippen molar-refractivity contribution in [1.29, 1.82) is 0 Å². The molecule has 0 amide bonds. The molecule has 3 nitrogen and oxygen atoms in total. The Hall–Kier alpha value is -1.65. The van der Waals surface area contributed by atoms with Crippen molar-refractivity contribution in [2.24, 2.45) is 0 Å². The van der Waals surface area contributed by atoms with E-state index in [0.29, 0.717) is 0 Å². The molecule has 1 N–H and O–H groups in total. The van der Waals surface area contributed by atoms with Crippen molar-refractivity contribution in [3.05, 3.63) is 53.1 Å². The second-order valence-electron chi connectivity index (χ2n) is 3.70. The van der Waals surface area contributed by atoms with E-state index in [9.17, 15) is 4.79 Å². The van der Waals surface area contributed by atoms with Gasteiger partial charge < -0.3 is 9.84 Å². The van der Waals surface area contributed by atoms with Crippen molar-refractivity contribution >= 4 is 29.3 Å². The topological polar surface area (TPSA) is 46.5 Å². The molecular formula is C14H11ClO3S. The summed E-state index contributed by atoms with van der Waals surface area (Å²) in [5.74, 6) is -0.259. The molecule has 19 heavy (non-hydrogen) atoms. The monoisotopic (exact) mass is 294 g/mol. The first-order valence-corrected chi connectivity index (χ1v) is 6.65. The van der Waals surface area contributed by atoms with Gasteiger partial charge in [0.05, 0.1) is 22.6 Å². The van der Waals surface area contributed by atoms with Gasteiger partial charge in [0.2, 0.25) is 0 Å². The lowest BCUT2D eigenvalue weighted by molar-refractivity contribution is 0.0697. The average molecular weight is 295 g/mol. The van der Waals surface area contributed by atoms with E-state index in [1.54, 1.807) is 19.2 Å². The molecule has 0 aliphatic rings. The molecule has 0 aliphatic heterocycles. The first-order valence-electron chi connectivity index (χ1n) is 5.45. The van der Waals surface area contributed by atoms with Gasteiger partial charge in [-0.15, -0.1) is 0 Å². The number of carbonyl (C=O) groups is 1. The van der Waals surface area contributed by atoms with Crippen molar-refractivity contribution in [2.45, 2.75) is 9.79 Å². The maximum atomic E-state index is 10.9. The smallest absolute Gasteiger partial charge is 0.337 e. The standard InChI is InChI=1S/C14H11ClO3S/c1-18-12-4-2-3-5-13(12)19-9-6-7-10(14(16)17)11(15)8-9/h2-8H,1H3,(H,16,17). The largest absolute Gasteiger partial charge is 0.496 e. The summed E-state index contributed by atoms with van der Waals surface area (Å²) in [6.07, 6.45) is 0. The van der Waals surface area contributed by atoms with E-state index in [1.807, 2.05) is 24.3 Å². The van der Waals surface area contributed by atoms with Crippen LogP contribution in [0.1, 0.15) is 10.4 Å². The third kappa shape index (κ3) is 3.22. The summed E-state index contributed by atoms with van der Waals surface area (Å²) in [7, 11) is 1.61. The van der Waals surface area contributed by atoms with E-state index in [1.165, 1.54) is 17.8 Å². The molecule has 0 fully saturated rings. The third-order valence-electron chi connectivity index (χ3n) is 2.47. The highest BCUT2D eigenvalue weighted by molar-refractivity contribution is 7.99. The maximum absolute atomic E-state index is 10.9. The number of carboxylic acid groups (broad SMARTS) is 1. The van der Waals surface area contributed by atoms with Crippen LogP contribution >= 0.6 is 23.4 Å². The minimum absolute atomic E-state index is 0.103. The molecular weight excluding hydrogens is 284 g/mol. The van der Waals surface area contributed by atoms with Crippen molar-refractivity contribution in [1.82, 2.24) is 0 Å². The number of methoxy groups -OCH3 is 1. The molecule has 2 aromatic rings. The lowest BCUT2D eigenvalue weighted by Gasteiger charge is -2.08. The fourth-order valence-corrected chi connectivity index (χ4v) is 2.85. The van der Waals surface area contributed by atoms with Crippen LogP contribution < -0.4 is 4.74 Å². The average Bonchev–Trinajstić information content (AvgIpc) is 2.39. The highest BCUT2D eigenvalue weighted by atomic mass is 35.5. The third-order valence-corrected chi connectivity index (χ3v) is 3.83. The van der Waals surface area contributed by atoms with E-state index in [2.05, 4.69) is 0 Å². The molecule has 0 atom stereocenters. The van der Waals surface area contributed by atoms with Gasteiger partial charge in [-0.25, -0.2) is 4.79 Å². The Bertz CT molecular complexity index is 613. The van der Waals surface area contributed by atoms with E-state index in [-0.39, 0.29) is 10.6 Å². The molecule has 0 saturated heterocycles. The second kappa shape index (κ2) is 5.99. The molecule has 0 bridgehead atoms. The normalized spacial score (nSPS) is 10.2. The van der Waals surface area contributed by atoms with Gasteiger partial charge in [0.15, 0.2) is 0 Å². The fourth-order valence-electron chi connectivity index (χ4n) is 1.56. The van der Waals surface area contributed by atoms with Crippen LogP contribution in [0.15, 0.2) is 52.3 Å². The van der Waals surface area contributed by atoms with Crippen LogP contribution in [0.3, 0.4) is 0 Å². The molecule has 0 aliphatic carbocycles. The minimum Gasteiger partial charge on any atom is -0.496 e. The first-order chi connectivity index (χ1) is 9.11. The van der Waals surface area contributed by atoms with Crippen LogP contribution in [0.25, 0.3) is 0 Å². The summed E-state index contributed by atoms with van der Waals surface area (Å²) in [5, 5.41) is 9.15. The summed E-state index contributed by atoms with van der Waals surface area (Å²) < 4.78 is 5.26. The summed E-state index contributed by atoms with van der Waals surface area (Å²) in [6, 6.07) is 12.5. The predicted molar refractivity (Wildman–Crippen MR) is 75.5 cm³/mol. The molecule has 2 aromatic carbocycles. The molecule has 98 valence electrons. The van der Waals surface area contributed by atoms with Crippen molar-refractivity contribution in [3.8, 4) is 5.75 Å². The van der Waals surface area contributed by atoms with Gasteiger partial charge in [-0.2, -0.15) is 0 Å².